The number of amides is 2. The van der Waals surface area contributed by atoms with Gasteiger partial charge in [0, 0.05) is 31.0 Å². The Morgan fingerprint density at radius 1 is 1.19 bits per heavy atom. The van der Waals surface area contributed by atoms with Crippen LogP contribution < -0.4 is 5.32 Å². The van der Waals surface area contributed by atoms with E-state index in [1.807, 2.05) is 26.0 Å². The van der Waals surface area contributed by atoms with Gasteiger partial charge in [-0.1, -0.05) is 12.1 Å². The molecule has 2 aromatic rings. The number of hydrogen-bond donors (Lipinski definition) is 2. The van der Waals surface area contributed by atoms with E-state index in [2.05, 4.69) is 5.32 Å². The van der Waals surface area contributed by atoms with Crippen molar-refractivity contribution in [1.29, 1.82) is 0 Å². The van der Waals surface area contributed by atoms with Crippen molar-refractivity contribution in [3.63, 3.8) is 0 Å². The Morgan fingerprint density at radius 3 is 2.35 bits per heavy atom. The Bertz CT molecular complexity index is 868. The molecule has 0 saturated carbocycles. The SMILES string of the molecule is CC(=O)NCCN(C(=O)c1oc2c(C)ccc(C)c2c1C)C(C)C(=O)O. The number of benzene rings is 1. The van der Waals surface area contributed by atoms with Gasteiger partial charge in [0.1, 0.15) is 11.6 Å². The first kappa shape index (κ1) is 19.5. The van der Waals surface area contributed by atoms with Crippen LogP contribution in [0.15, 0.2) is 16.5 Å². The summed E-state index contributed by atoms with van der Waals surface area (Å²) in [4.78, 5) is 36.7. The molecule has 1 heterocycles. The molecular formula is C19H24N2O5. The molecule has 0 radical (unpaired) electrons. The molecule has 0 aliphatic rings. The number of carboxylic acid groups (broad SMARTS) is 1. The zero-order valence-corrected chi connectivity index (χ0v) is 15.7. The molecule has 0 aliphatic carbocycles. The molecule has 2 N–H and O–H groups in total. The number of carbonyl (C=O) groups is 3. The Labute approximate surface area is 152 Å². The van der Waals surface area contributed by atoms with Crippen LogP contribution in [0.25, 0.3) is 11.0 Å². The van der Waals surface area contributed by atoms with E-state index in [-0.39, 0.29) is 24.8 Å². The van der Waals surface area contributed by atoms with Gasteiger partial charge < -0.3 is 19.7 Å². The number of hydrogen-bond acceptors (Lipinski definition) is 4. The summed E-state index contributed by atoms with van der Waals surface area (Å²) in [7, 11) is 0. The summed E-state index contributed by atoms with van der Waals surface area (Å²) in [6.07, 6.45) is 0. The lowest BCUT2D eigenvalue weighted by Crippen LogP contribution is -2.46. The lowest BCUT2D eigenvalue weighted by molar-refractivity contribution is -0.141. The monoisotopic (exact) mass is 360 g/mol. The number of nitrogens with zero attached hydrogens (tertiary/aromatic N) is 1. The summed E-state index contributed by atoms with van der Waals surface area (Å²) in [5.74, 6) is -1.74. The number of furan rings is 1. The molecule has 0 spiro atoms. The summed E-state index contributed by atoms with van der Waals surface area (Å²) in [5.41, 5.74) is 3.22. The Morgan fingerprint density at radius 2 is 1.81 bits per heavy atom. The van der Waals surface area contributed by atoms with Crippen molar-refractivity contribution in [1.82, 2.24) is 10.2 Å². The second-order valence-electron chi connectivity index (χ2n) is 6.46. The lowest BCUT2D eigenvalue weighted by atomic mass is 10.0. The van der Waals surface area contributed by atoms with Gasteiger partial charge in [0.05, 0.1) is 0 Å². The smallest absolute Gasteiger partial charge is 0.326 e. The lowest BCUT2D eigenvalue weighted by Gasteiger charge is -2.26. The molecule has 0 bridgehead atoms. The zero-order valence-electron chi connectivity index (χ0n) is 15.7. The van der Waals surface area contributed by atoms with E-state index < -0.39 is 17.9 Å². The molecule has 0 saturated heterocycles. The average molecular weight is 360 g/mol. The first-order valence-electron chi connectivity index (χ1n) is 8.42. The van der Waals surface area contributed by atoms with E-state index in [0.29, 0.717) is 11.1 Å². The molecule has 1 unspecified atom stereocenters. The summed E-state index contributed by atoms with van der Waals surface area (Å²) in [6, 6.07) is 2.83. The van der Waals surface area contributed by atoms with Crippen molar-refractivity contribution in [2.24, 2.45) is 0 Å². The van der Waals surface area contributed by atoms with Gasteiger partial charge in [-0.3, -0.25) is 9.59 Å². The summed E-state index contributed by atoms with van der Waals surface area (Å²) >= 11 is 0. The van der Waals surface area contributed by atoms with Crippen molar-refractivity contribution in [2.75, 3.05) is 13.1 Å². The Kier molecular flexibility index (Phi) is 5.69. The fourth-order valence-electron chi connectivity index (χ4n) is 2.97. The third-order valence-corrected chi connectivity index (χ3v) is 4.49. The predicted molar refractivity (Wildman–Crippen MR) is 97.2 cm³/mol. The number of carboxylic acids is 1. The highest BCUT2D eigenvalue weighted by atomic mass is 16.4. The number of aliphatic carboxylic acids is 1. The maximum absolute atomic E-state index is 13.0. The van der Waals surface area contributed by atoms with Gasteiger partial charge in [-0.2, -0.15) is 0 Å². The molecule has 0 fully saturated rings. The molecule has 0 aliphatic heterocycles. The fourth-order valence-corrected chi connectivity index (χ4v) is 2.97. The molecule has 7 heteroatoms. The fraction of sp³-hybridized carbons (Fsp3) is 0.421. The largest absolute Gasteiger partial charge is 0.480 e. The Hall–Kier alpha value is -2.83. The van der Waals surface area contributed by atoms with Crippen LogP contribution in [0, 0.1) is 20.8 Å². The normalized spacial score (nSPS) is 12.0. The van der Waals surface area contributed by atoms with E-state index in [4.69, 9.17) is 4.42 Å². The molecule has 2 rings (SSSR count). The molecule has 140 valence electrons. The maximum atomic E-state index is 13.0. The van der Waals surface area contributed by atoms with Gasteiger partial charge in [-0.05, 0) is 38.8 Å². The minimum Gasteiger partial charge on any atom is -0.480 e. The molecular weight excluding hydrogens is 336 g/mol. The van der Waals surface area contributed by atoms with Crippen molar-refractivity contribution >= 4 is 28.8 Å². The molecule has 7 nitrogen and oxygen atoms in total. The predicted octanol–water partition coefficient (Wildman–Crippen LogP) is 2.41. The van der Waals surface area contributed by atoms with Crippen molar-refractivity contribution in [3.8, 4) is 0 Å². The van der Waals surface area contributed by atoms with Crippen LogP contribution in [0.2, 0.25) is 0 Å². The highest BCUT2D eigenvalue weighted by molar-refractivity contribution is 6.01. The number of fused-ring (bicyclic) bond motifs is 1. The zero-order chi connectivity index (χ0) is 19.6. The molecule has 26 heavy (non-hydrogen) atoms. The minimum atomic E-state index is -1.12. The van der Waals surface area contributed by atoms with E-state index in [0.717, 1.165) is 16.5 Å². The van der Waals surface area contributed by atoms with Crippen LogP contribution in [-0.4, -0.2) is 46.9 Å². The van der Waals surface area contributed by atoms with Crippen molar-refractivity contribution in [2.45, 2.75) is 40.7 Å². The second-order valence-corrected chi connectivity index (χ2v) is 6.46. The first-order chi connectivity index (χ1) is 12.1. The minimum absolute atomic E-state index is 0.0698. The van der Waals surface area contributed by atoms with Crippen LogP contribution in [0.1, 0.15) is 41.1 Å². The molecule has 1 atom stereocenters. The van der Waals surface area contributed by atoms with E-state index in [1.165, 1.54) is 18.7 Å². The highest BCUT2D eigenvalue weighted by Gasteiger charge is 2.30. The standard InChI is InChI=1S/C19H24N2O5/c1-10-6-7-11(2)16-15(10)12(3)17(26-16)18(23)21(13(4)19(24)25)9-8-20-14(5)22/h6-7,13H,8-9H2,1-5H3,(H,20,22)(H,24,25). The van der Waals surface area contributed by atoms with Crippen LogP contribution in [-0.2, 0) is 9.59 Å². The summed E-state index contributed by atoms with van der Waals surface area (Å²) in [6.45, 7) is 8.66. The van der Waals surface area contributed by atoms with Crippen molar-refractivity contribution in [3.05, 3.63) is 34.6 Å². The van der Waals surface area contributed by atoms with Gasteiger partial charge in [-0.25, -0.2) is 4.79 Å². The first-order valence-corrected chi connectivity index (χ1v) is 8.42. The topological polar surface area (TPSA) is 99.9 Å². The molecule has 2 amide bonds. The van der Waals surface area contributed by atoms with Crippen LogP contribution >= 0.6 is 0 Å². The quantitative estimate of drug-likeness (QED) is 0.824. The number of rotatable bonds is 6. The third kappa shape index (κ3) is 3.71. The van der Waals surface area contributed by atoms with Crippen molar-refractivity contribution < 1.29 is 23.9 Å². The van der Waals surface area contributed by atoms with Crippen LogP contribution in [0.5, 0.6) is 0 Å². The summed E-state index contributed by atoms with van der Waals surface area (Å²) in [5, 5.41) is 12.8. The Balaban J connectivity index is 2.44. The number of aryl methyl sites for hydroxylation is 3. The van der Waals surface area contributed by atoms with Gasteiger partial charge in [-0.15, -0.1) is 0 Å². The van der Waals surface area contributed by atoms with Gasteiger partial charge in [0.25, 0.3) is 5.91 Å². The summed E-state index contributed by atoms with van der Waals surface area (Å²) < 4.78 is 5.84. The van der Waals surface area contributed by atoms with Gasteiger partial charge in [0.15, 0.2) is 5.76 Å². The van der Waals surface area contributed by atoms with E-state index in [9.17, 15) is 19.5 Å². The van der Waals surface area contributed by atoms with Gasteiger partial charge in [0.2, 0.25) is 5.91 Å². The molecule has 1 aromatic carbocycles. The van der Waals surface area contributed by atoms with E-state index in [1.54, 1.807) is 6.92 Å². The second kappa shape index (κ2) is 7.59. The van der Waals surface area contributed by atoms with Crippen LogP contribution in [0.3, 0.4) is 0 Å². The third-order valence-electron chi connectivity index (χ3n) is 4.49. The van der Waals surface area contributed by atoms with E-state index >= 15 is 0 Å². The van der Waals surface area contributed by atoms with Crippen LogP contribution in [0.4, 0.5) is 0 Å². The van der Waals surface area contributed by atoms with Gasteiger partial charge >= 0.3 is 5.97 Å². The maximum Gasteiger partial charge on any atom is 0.326 e. The average Bonchev–Trinajstić information content (AvgIpc) is 2.92. The number of nitrogens with one attached hydrogen (secondary N) is 1. The highest BCUT2D eigenvalue weighted by Crippen LogP contribution is 2.31. The number of carbonyl (C=O) groups excluding carboxylic acids is 2. The molecule has 1 aromatic heterocycles.